The lowest BCUT2D eigenvalue weighted by Gasteiger charge is -2.43. The maximum Gasteiger partial charge on any atom is 0.401 e. The number of terminal acetylenes is 2. The van der Waals surface area contributed by atoms with Crippen molar-refractivity contribution < 1.29 is 13.2 Å². The van der Waals surface area contributed by atoms with Gasteiger partial charge in [-0.3, -0.25) is 14.9 Å². The number of alkyl halides is 3. The molecule has 2 saturated heterocycles. The smallest absolute Gasteiger partial charge is 0.289 e. The molecule has 5 nitrogen and oxygen atoms in total. The lowest BCUT2D eigenvalue weighted by molar-refractivity contribution is -0.156. The Labute approximate surface area is 239 Å². The Kier molecular flexibility index (Phi) is 7.83. The zero-order valence-corrected chi connectivity index (χ0v) is 22.9. The van der Waals surface area contributed by atoms with Crippen molar-refractivity contribution in [3.05, 3.63) is 59.2 Å². The van der Waals surface area contributed by atoms with Crippen molar-refractivity contribution in [1.82, 2.24) is 14.9 Å². The first-order valence-electron chi connectivity index (χ1n) is 14.1. The molecule has 6 rings (SSSR count). The average Bonchev–Trinajstić information content (AvgIpc) is 3.43. The van der Waals surface area contributed by atoms with Gasteiger partial charge in [0.05, 0.1) is 29.5 Å². The zero-order valence-electron chi connectivity index (χ0n) is 22.9. The van der Waals surface area contributed by atoms with Crippen molar-refractivity contribution in [2.24, 2.45) is 11.8 Å². The molecule has 0 amide bonds. The summed E-state index contributed by atoms with van der Waals surface area (Å²) in [5.41, 5.74) is 1.97. The molecule has 6 atom stereocenters. The fraction of sp³-hybridized carbons (Fsp3) is 0.515. The summed E-state index contributed by atoms with van der Waals surface area (Å²) in [6, 6.07) is 8.23. The van der Waals surface area contributed by atoms with E-state index in [1.807, 2.05) is 12.3 Å². The first-order chi connectivity index (χ1) is 19.6. The predicted octanol–water partition coefficient (Wildman–Crippen LogP) is 6.05. The van der Waals surface area contributed by atoms with E-state index >= 15 is 0 Å². The highest BCUT2D eigenvalue weighted by molar-refractivity contribution is 5.41. The molecule has 0 aromatic carbocycles. The molecule has 2 aromatic rings. The molecule has 4 bridgehead atoms. The maximum absolute atomic E-state index is 12.8. The number of pyridine rings is 2. The van der Waals surface area contributed by atoms with Gasteiger partial charge in [0.15, 0.2) is 0 Å². The third-order valence-corrected chi connectivity index (χ3v) is 9.57. The second-order valence-electron chi connectivity index (χ2n) is 12.1. The largest absolute Gasteiger partial charge is 0.401 e. The van der Waals surface area contributed by atoms with E-state index in [9.17, 15) is 23.7 Å². The SMILES string of the molecule is C#Cc1cncc(C2(C#N)C[C@@H]3CC[C@@H](C3)C2)c1.C#Cc1cncc(C2(C#N)C[C@H]3CC[C@@H](C2)N3CC(F)(F)F)c1. The van der Waals surface area contributed by atoms with Gasteiger partial charge in [-0.2, -0.15) is 23.7 Å². The summed E-state index contributed by atoms with van der Waals surface area (Å²) in [6.45, 7) is -0.896. The van der Waals surface area contributed by atoms with Gasteiger partial charge in [0.25, 0.3) is 0 Å². The summed E-state index contributed by atoms with van der Waals surface area (Å²) in [5, 5.41) is 19.5. The van der Waals surface area contributed by atoms with Gasteiger partial charge in [-0.25, -0.2) is 0 Å². The van der Waals surface area contributed by atoms with Crippen LogP contribution >= 0.6 is 0 Å². The number of fused-ring (bicyclic) bond motifs is 4. The van der Waals surface area contributed by atoms with Crippen LogP contribution in [-0.4, -0.2) is 39.7 Å². The van der Waals surface area contributed by atoms with E-state index in [0.29, 0.717) is 31.2 Å². The van der Waals surface area contributed by atoms with E-state index in [1.165, 1.54) is 24.2 Å². The van der Waals surface area contributed by atoms with E-state index < -0.39 is 18.1 Å². The highest BCUT2D eigenvalue weighted by Crippen LogP contribution is 2.51. The van der Waals surface area contributed by atoms with Crippen LogP contribution in [0.2, 0.25) is 0 Å². The molecule has 4 fully saturated rings. The summed E-state index contributed by atoms with van der Waals surface area (Å²) in [5.74, 6) is 6.55. The Balaban J connectivity index is 0.000000169. The van der Waals surface area contributed by atoms with Gasteiger partial charge in [0.2, 0.25) is 0 Å². The van der Waals surface area contributed by atoms with E-state index in [4.69, 9.17) is 12.8 Å². The van der Waals surface area contributed by atoms with Crippen molar-refractivity contribution in [3.63, 3.8) is 0 Å². The van der Waals surface area contributed by atoms with Crippen LogP contribution in [-0.2, 0) is 10.8 Å². The van der Waals surface area contributed by atoms with E-state index in [1.54, 1.807) is 24.7 Å². The second-order valence-corrected chi connectivity index (χ2v) is 12.1. The number of hydrogen-bond donors (Lipinski definition) is 0. The number of hydrogen-bond acceptors (Lipinski definition) is 5. The standard InChI is InChI=1S/C17H16F3N3.C16H16N2/c1-2-12-5-13(9-22-8-12)16(10-21)6-14-3-4-15(7-16)23(14)11-17(18,19)20;1-2-12-6-15(10-18-9-12)16(11-17)7-13-3-4-14(5-13)8-16/h1,5,8-9,14-15H,3-4,6-7,11H2;1,6,9-10,13-14H,3-5,7-8H2/t14-,15+,16?;13-,14+,16?. The average molecular weight is 556 g/mol. The summed E-state index contributed by atoms with van der Waals surface area (Å²) >= 11 is 0. The van der Waals surface area contributed by atoms with E-state index in [0.717, 1.165) is 41.4 Å². The van der Waals surface area contributed by atoms with Gasteiger partial charge in [0, 0.05) is 48.0 Å². The van der Waals surface area contributed by atoms with Crippen LogP contribution in [0.15, 0.2) is 36.9 Å². The third kappa shape index (κ3) is 5.81. The fourth-order valence-electron chi connectivity index (χ4n) is 7.77. The molecule has 2 saturated carbocycles. The lowest BCUT2D eigenvalue weighted by Crippen LogP contribution is -2.51. The molecule has 0 spiro atoms. The molecular weight excluding hydrogens is 523 g/mol. The van der Waals surface area contributed by atoms with Crippen molar-refractivity contribution in [2.45, 2.75) is 86.9 Å². The van der Waals surface area contributed by atoms with Crippen molar-refractivity contribution in [2.75, 3.05) is 6.54 Å². The summed E-state index contributed by atoms with van der Waals surface area (Å²) in [4.78, 5) is 9.81. The van der Waals surface area contributed by atoms with Gasteiger partial charge in [-0.15, -0.1) is 12.8 Å². The van der Waals surface area contributed by atoms with Gasteiger partial charge in [-0.05, 0) is 80.0 Å². The monoisotopic (exact) mass is 555 g/mol. The number of rotatable bonds is 3. The Morgan fingerprint density at radius 3 is 1.66 bits per heavy atom. The zero-order chi connectivity index (χ0) is 29.3. The first-order valence-corrected chi connectivity index (χ1v) is 14.1. The van der Waals surface area contributed by atoms with Crippen molar-refractivity contribution >= 4 is 0 Å². The molecule has 210 valence electrons. The van der Waals surface area contributed by atoms with Crippen LogP contribution in [0.1, 0.15) is 80.0 Å². The highest BCUT2D eigenvalue weighted by atomic mass is 19.4. The minimum absolute atomic E-state index is 0.218. The van der Waals surface area contributed by atoms with Crippen molar-refractivity contribution in [1.29, 1.82) is 10.5 Å². The van der Waals surface area contributed by atoms with Gasteiger partial charge in [-0.1, -0.05) is 24.7 Å². The van der Waals surface area contributed by atoms with Gasteiger partial charge < -0.3 is 0 Å². The van der Waals surface area contributed by atoms with Crippen LogP contribution in [0, 0.1) is 59.2 Å². The lowest BCUT2D eigenvalue weighted by atomic mass is 9.66. The number of nitriles is 2. The Bertz CT molecular complexity index is 1430. The van der Waals surface area contributed by atoms with Crippen molar-refractivity contribution in [3.8, 4) is 36.8 Å². The van der Waals surface area contributed by atoms with Gasteiger partial charge >= 0.3 is 6.18 Å². The summed E-state index contributed by atoms with van der Waals surface area (Å²) in [6.07, 6.45) is 21.3. The summed E-state index contributed by atoms with van der Waals surface area (Å²) in [7, 11) is 0. The molecule has 0 radical (unpaired) electrons. The third-order valence-electron chi connectivity index (χ3n) is 9.57. The number of halogens is 3. The van der Waals surface area contributed by atoms with Crippen LogP contribution < -0.4 is 0 Å². The topological polar surface area (TPSA) is 76.6 Å². The quantitative estimate of drug-likeness (QED) is 0.431. The molecule has 2 aliphatic heterocycles. The molecule has 41 heavy (non-hydrogen) atoms. The molecule has 2 aliphatic carbocycles. The normalized spacial score (nSPS) is 32.0. The molecule has 8 heteroatoms. The van der Waals surface area contributed by atoms with Crippen LogP contribution in [0.4, 0.5) is 13.2 Å². The first kappa shape index (κ1) is 28.7. The Hall–Kier alpha value is -3.85. The minimum atomic E-state index is -4.21. The number of aromatic nitrogens is 2. The number of nitrogens with zero attached hydrogens (tertiary/aromatic N) is 5. The molecule has 2 unspecified atom stereocenters. The summed E-state index contributed by atoms with van der Waals surface area (Å²) < 4.78 is 38.3. The fourth-order valence-corrected chi connectivity index (χ4v) is 7.77. The minimum Gasteiger partial charge on any atom is -0.289 e. The molecule has 2 aromatic heterocycles. The van der Waals surface area contributed by atoms with Gasteiger partial charge in [0.1, 0.15) is 0 Å². The van der Waals surface area contributed by atoms with E-state index in [2.05, 4.69) is 33.9 Å². The number of piperidine rings is 1. The molecule has 0 N–H and O–H groups in total. The molecule has 4 aliphatic rings. The Morgan fingerprint density at radius 1 is 0.780 bits per heavy atom. The second kappa shape index (κ2) is 11.2. The van der Waals surface area contributed by atoms with Crippen LogP contribution in [0.3, 0.4) is 0 Å². The van der Waals surface area contributed by atoms with Crippen LogP contribution in [0.25, 0.3) is 0 Å². The maximum atomic E-state index is 12.8. The van der Waals surface area contributed by atoms with Crippen LogP contribution in [0.5, 0.6) is 0 Å². The highest BCUT2D eigenvalue weighted by Gasteiger charge is 2.52. The molecule has 4 heterocycles. The Morgan fingerprint density at radius 2 is 1.24 bits per heavy atom. The molecular formula is C33H32F3N5. The predicted molar refractivity (Wildman–Crippen MR) is 148 cm³/mol. The van der Waals surface area contributed by atoms with E-state index in [-0.39, 0.29) is 17.5 Å².